The Morgan fingerprint density at radius 3 is 2.85 bits per heavy atom. The Bertz CT molecular complexity index is 831. The zero-order valence-corrected chi connectivity index (χ0v) is 15.6. The van der Waals surface area contributed by atoms with Crippen molar-refractivity contribution in [3.63, 3.8) is 0 Å². The van der Waals surface area contributed by atoms with E-state index in [1.807, 2.05) is 36.6 Å². The highest BCUT2D eigenvalue weighted by atomic mass is 32.1. The first kappa shape index (κ1) is 19.1. The second kappa shape index (κ2) is 8.79. The van der Waals surface area contributed by atoms with Gasteiger partial charge in [-0.15, -0.1) is 11.3 Å². The number of nitrogens with zero attached hydrogens (tertiary/aromatic N) is 2. The highest BCUT2D eigenvalue weighted by Gasteiger charge is 2.27. The summed E-state index contributed by atoms with van der Waals surface area (Å²) in [6, 6.07) is 7.37. The zero-order valence-electron chi connectivity index (χ0n) is 14.8. The summed E-state index contributed by atoms with van der Waals surface area (Å²) in [6.07, 6.45) is 2.17. The minimum atomic E-state index is -1.06. The Balaban J connectivity index is 1.52. The van der Waals surface area contributed by atoms with Gasteiger partial charge in [0.15, 0.2) is 6.10 Å². The van der Waals surface area contributed by atoms with Crippen LogP contribution in [0.2, 0.25) is 0 Å². The number of thiazole rings is 1. The second-order valence-electron chi connectivity index (χ2n) is 6.03. The van der Waals surface area contributed by atoms with E-state index in [1.54, 1.807) is 17.4 Å². The van der Waals surface area contributed by atoms with Gasteiger partial charge >= 0.3 is 5.97 Å². The molecule has 1 unspecified atom stereocenters. The van der Waals surface area contributed by atoms with Crippen LogP contribution in [0.25, 0.3) is 6.08 Å². The minimum Gasteiger partial charge on any atom is -0.487 e. The Hall–Kier alpha value is -2.71. The molecule has 7 nitrogen and oxygen atoms in total. The molecule has 1 saturated heterocycles. The van der Waals surface area contributed by atoms with E-state index >= 15 is 0 Å². The van der Waals surface area contributed by atoms with Crippen molar-refractivity contribution in [3.05, 3.63) is 52.0 Å². The lowest BCUT2D eigenvalue weighted by Crippen LogP contribution is -2.48. The number of morpholine rings is 1. The summed E-state index contributed by atoms with van der Waals surface area (Å²) in [6.45, 7) is 3.04. The molecule has 1 aromatic carbocycles. The Morgan fingerprint density at radius 2 is 2.19 bits per heavy atom. The van der Waals surface area contributed by atoms with E-state index in [9.17, 15) is 9.59 Å². The van der Waals surface area contributed by atoms with Crippen LogP contribution in [0, 0.1) is 6.92 Å². The summed E-state index contributed by atoms with van der Waals surface area (Å²) in [4.78, 5) is 29.0. The minimum absolute atomic E-state index is 0.0569. The fourth-order valence-electron chi connectivity index (χ4n) is 2.58. The van der Waals surface area contributed by atoms with Gasteiger partial charge in [0.25, 0.3) is 0 Å². The number of aryl methyl sites for hydroxylation is 1. The number of benzene rings is 1. The summed E-state index contributed by atoms with van der Waals surface area (Å²) >= 11 is 1.59. The highest BCUT2D eigenvalue weighted by Crippen LogP contribution is 2.16. The van der Waals surface area contributed by atoms with Crippen molar-refractivity contribution in [2.45, 2.75) is 19.6 Å². The maximum Gasteiger partial charge on any atom is 0.334 e. The van der Waals surface area contributed by atoms with Crippen LogP contribution in [0.3, 0.4) is 0 Å². The van der Waals surface area contributed by atoms with Gasteiger partial charge in [0.2, 0.25) is 5.91 Å². The molecule has 1 atom stereocenters. The van der Waals surface area contributed by atoms with E-state index < -0.39 is 12.1 Å². The SMILES string of the molecule is Cc1nc(COc2ccc(C=CC(=O)N3CCOC(C(=O)O)C3)cc2)cs1. The van der Waals surface area contributed by atoms with Gasteiger partial charge in [0.1, 0.15) is 12.4 Å². The number of hydrogen-bond donors (Lipinski definition) is 1. The number of rotatable bonds is 6. The molecule has 27 heavy (non-hydrogen) atoms. The second-order valence-corrected chi connectivity index (χ2v) is 7.09. The normalized spacial score (nSPS) is 17.2. The lowest BCUT2D eigenvalue weighted by atomic mass is 10.2. The Morgan fingerprint density at radius 1 is 1.41 bits per heavy atom. The molecule has 3 rings (SSSR count). The molecule has 1 aliphatic rings. The molecule has 8 heteroatoms. The van der Waals surface area contributed by atoms with Crippen molar-refractivity contribution in [2.24, 2.45) is 0 Å². The monoisotopic (exact) mass is 388 g/mol. The maximum atomic E-state index is 12.2. The number of amides is 1. The fourth-order valence-corrected chi connectivity index (χ4v) is 3.18. The van der Waals surface area contributed by atoms with E-state index in [0.29, 0.717) is 13.2 Å². The molecule has 1 aromatic heterocycles. The van der Waals surface area contributed by atoms with Crippen LogP contribution in [0.15, 0.2) is 35.7 Å². The lowest BCUT2D eigenvalue weighted by Gasteiger charge is -2.30. The first-order valence-corrected chi connectivity index (χ1v) is 9.34. The standard InChI is InChI=1S/C19H20N2O5S/c1-13-20-15(12-27-13)11-26-16-5-2-14(3-6-16)4-7-18(22)21-8-9-25-17(10-21)19(23)24/h2-7,12,17H,8-11H2,1H3,(H,23,24). The van der Waals surface area contributed by atoms with Gasteiger partial charge in [-0.1, -0.05) is 12.1 Å². The largest absolute Gasteiger partial charge is 0.487 e. The lowest BCUT2D eigenvalue weighted by molar-refractivity contribution is -0.158. The van der Waals surface area contributed by atoms with Gasteiger partial charge in [-0.05, 0) is 30.7 Å². The third-order valence-electron chi connectivity index (χ3n) is 4.01. The summed E-state index contributed by atoms with van der Waals surface area (Å²) in [5.74, 6) is -0.565. The molecule has 0 radical (unpaired) electrons. The molecule has 0 saturated carbocycles. The van der Waals surface area contributed by atoms with Crippen LogP contribution in [0.4, 0.5) is 0 Å². The van der Waals surface area contributed by atoms with Crippen molar-refractivity contribution in [1.82, 2.24) is 9.88 Å². The van der Waals surface area contributed by atoms with E-state index in [0.717, 1.165) is 22.0 Å². The first-order valence-electron chi connectivity index (χ1n) is 8.46. The van der Waals surface area contributed by atoms with Gasteiger partial charge in [-0.25, -0.2) is 9.78 Å². The molecular formula is C19H20N2O5S. The molecule has 1 N–H and O–H groups in total. The number of ether oxygens (including phenoxy) is 2. The topological polar surface area (TPSA) is 89.0 Å². The molecule has 1 aliphatic heterocycles. The Kier molecular flexibility index (Phi) is 6.20. The maximum absolute atomic E-state index is 12.2. The number of carbonyl (C=O) groups is 2. The fraction of sp³-hybridized carbons (Fsp3) is 0.316. The average Bonchev–Trinajstić information content (AvgIpc) is 3.10. The van der Waals surface area contributed by atoms with Gasteiger partial charge in [0.05, 0.1) is 23.9 Å². The van der Waals surface area contributed by atoms with E-state index in [1.165, 1.54) is 11.0 Å². The number of carboxylic acid groups (broad SMARTS) is 1. The quantitative estimate of drug-likeness (QED) is 0.764. The predicted octanol–water partition coefficient (Wildman–Crippen LogP) is 2.36. The van der Waals surface area contributed by atoms with Gasteiger partial charge in [-0.2, -0.15) is 0 Å². The van der Waals surface area contributed by atoms with Crippen LogP contribution in [-0.2, 0) is 20.9 Å². The van der Waals surface area contributed by atoms with Gasteiger partial charge in [-0.3, -0.25) is 4.79 Å². The third-order valence-corrected chi connectivity index (χ3v) is 4.83. The summed E-state index contributed by atoms with van der Waals surface area (Å²) in [7, 11) is 0. The zero-order chi connectivity index (χ0) is 19.2. The van der Waals surface area contributed by atoms with Crippen molar-refractivity contribution >= 4 is 29.3 Å². The number of carbonyl (C=O) groups excluding carboxylic acids is 1. The smallest absolute Gasteiger partial charge is 0.334 e. The molecule has 1 amide bonds. The van der Waals surface area contributed by atoms with Crippen LogP contribution in [-0.4, -0.2) is 52.7 Å². The highest BCUT2D eigenvalue weighted by molar-refractivity contribution is 7.09. The number of aliphatic carboxylic acids is 1. The summed E-state index contributed by atoms with van der Waals surface area (Å²) in [5, 5.41) is 12.0. The van der Waals surface area contributed by atoms with Crippen LogP contribution in [0.5, 0.6) is 5.75 Å². The molecule has 142 valence electrons. The van der Waals surface area contributed by atoms with Crippen LogP contribution >= 0.6 is 11.3 Å². The average molecular weight is 388 g/mol. The van der Waals surface area contributed by atoms with Gasteiger partial charge < -0.3 is 19.5 Å². The number of hydrogen-bond acceptors (Lipinski definition) is 6. The van der Waals surface area contributed by atoms with E-state index in [-0.39, 0.29) is 19.1 Å². The van der Waals surface area contributed by atoms with E-state index in [2.05, 4.69) is 4.98 Å². The van der Waals surface area contributed by atoms with Crippen LogP contribution < -0.4 is 4.74 Å². The molecule has 0 bridgehead atoms. The molecule has 2 aromatic rings. The van der Waals surface area contributed by atoms with Crippen molar-refractivity contribution in [1.29, 1.82) is 0 Å². The summed E-state index contributed by atoms with van der Waals surface area (Å²) < 4.78 is 10.8. The molecule has 0 aliphatic carbocycles. The van der Waals surface area contributed by atoms with E-state index in [4.69, 9.17) is 14.6 Å². The predicted molar refractivity (Wildman–Crippen MR) is 101 cm³/mol. The van der Waals surface area contributed by atoms with Crippen molar-refractivity contribution in [3.8, 4) is 5.75 Å². The Labute approximate surface area is 160 Å². The molecule has 2 heterocycles. The molecule has 1 fully saturated rings. The molecule has 0 spiro atoms. The third kappa shape index (κ3) is 5.38. The first-order chi connectivity index (χ1) is 13.0. The summed E-state index contributed by atoms with van der Waals surface area (Å²) in [5.41, 5.74) is 1.75. The van der Waals surface area contributed by atoms with Crippen LogP contribution in [0.1, 0.15) is 16.3 Å². The molecular weight excluding hydrogens is 368 g/mol. The number of carboxylic acids is 1. The van der Waals surface area contributed by atoms with Crippen molar-refractivity contribution < 1.29 is 24.2 Å². The van der Waals surface area contributed by atoms with Crippen molar-refractivity contribution in [2.75, 3.05) is 19.7 Å². The van der Waals surface area contributed by atoms with Gasteiger partial charge in [0, 0.05) is 18.0 Å². The number of aromatic nitrogens is 1.